The smallest absolute Gasteiger partial charge is 0.335 e. The Balaban J connectivity index is 0. The van der Waals surface area contributed by atoms with Crippen LogP contribution in [0.1, 0.15) is 43.5 Å². The SMILES string of the molecule is CCC(=O)O.CCCC(=O)O.O=C(O)c1ccccc1. The molecule has 6 heteroatoms. The monoisotopic (exact) mass is 284 g/mol. The van der Waals surface area contributed by atoms with Crippen LogP contribution in [-0.4, -0.2) is 33.2 Å². The average molecular weight is 284 g/mol. The van der Waals surface area contributed by atoms with Crippen molar-refractivity contribution in [1.29, 1.82) is 0 Å². The number of hydrogen-bond acceptors (Lipinski definition) is 3. The second kappa shape index (κ2) is 13.1. The summed E-state index contributed by atoms with van der Waals surface area (Å²) in [6.07, 6.45) is 1.25. The van der Waals surface area contributed by atoms with Crippen molar-refractivity contribution in [2.24, 2.45) is 0 Å². The maximum atomic E-state index is 10.2. The summed E-state index contributed by atoms with van der Waals surface area (Å²) in [5.41, 5.74) is 0.331. The molecule has 0 aliphatic carbocycles. The lowest BCUT2D eigenvalue weighted by atomic mass is 10.2. The van der Waals surface area contributed by atoms with Gasteiger partial charge in [0.1, 0.15) is 0 Å². The Morgan fingerprint density at radius 2 is 1.35 bits per heavy atom. The molecule has 0 radical (unpaired) electrons. The summed E-state index contributed by atoms with van der Waals surface area (Å²) in [4.78, 5) is 29.2. The Bertz CT molecular complexity index is 399. The third-order valence-electron chi connectivity index (χ3n) is 1.79. The van der Waals surface area contributed by atoms with E-state index in [4.69, 9.17) is 15.3 Å². The van der Waals surface area contributed by atoms with E-state index in [-0.39, 0.29) is 6.42 Å². The van der Waals surface area contributed by atoms with Crippen molar-refractivity contribution in [3.63, 3.8) is 0 Å². The zero-order valence-electron chi connectivity index (χ0n) is 11.6. The highest BCUT2D eigenvalue weighted by Crippen LogP contribution is 1.96. The van der Waals surface area contributed by atoms with E-state index in [2.05, 4.69) is 0 Å². The summed E-state index contributed by atoms with van der Waals surface area (Å²) in [7, 11) is 0. The van der Waals surface area contributed by atoms with Crippen LogP contribution in [0.2, 0.25) is 0 Å². The maximum absolute atomic E-state index is 10.2. The third kappa shape index (κ3) is 15.6. The summed E-state index contributed by atoms with van der Waals surface area (Å²) in [5, 5.41) is 24.0. The third-order valence-corrected chi connectivity index (χ3v) is 1.79. The van der Waals surface area contributed by atoms with Gasteiger partial charge in [-0.25, -0.2) is 4.79 Å². The van der Waals surface area contributed by atoms with E-state index in [9.17, 15) is 14.4 Å². The molecule has 0 atom stereocenters. The largest absolute Gasteiger partial charge is 0.481 e. The predicted octanol–water partition coefficient (Wildman–Crippen LogP) is 2.74. The highest BCUT2D eigenvalue weighted by molar-refractivity contribution is 5.87. The summed E-state index contributed by atoms with van der Waals surface area (Å²) in [5.74, 6) is -2.34. The van der Waals surface area contributed by atoms with Crippen LogP contribution in [0.5, 0.6) is 0 Å². The van der Waals surface area contributed by atoms with Gasteiger partial charge in [0.05, 0.1) is 5.56 Å². The quantitative estimate of drug-likeness (QED) is 0.783. The van der Waals surface area contributed by atoms with Gasteiger partial charge >= 0.3 is 17.9 Å². The Morgan fingerprint density at radius 1 is 0.900 bits per heavy atom. The summed E-state index contributed by atoms with van der Waals surface area (Å²) in [6.45, 7) is 3.44. The molecule has 6 nitrogen and oxygen atoms in total. The van der Waals surface area contributed by atoms with Crippen LogP contribution in [-0.2, 0) is 9.59 Å². The zero-order valence-corrected chi connectivity index (χ0v) is 11.6. The highest BCUT2D eigenvalue weighted by Gasteiger charge is 1.96. The minimum absolute atomic E-state index is 0.222. The van der Waals surface area contributed by atoms with Crippen molar-refractivity contribution in [2.45, 2.75) is 33.1 Å². The molecular weight excluding hydrogens is 264 g/mol. The van der Waals surface area contributed by atoms with Crippen molar-refractivity contribution < 1.29 is 29.7 Å². The van der Waals surface area contributed by atoms with Crippen LogP contribution in [0.3, 0.4) is 0 Å². The van der Waals surface area contributed by atoms with Gasteiger partial charge in [-0.3, -0.25) is 9.59 Å². The van der Waals surface area contributed by atoms with Crippen molar-refractivity contribution in [2.75, 3.05) is 0 Å². The summed E-state index contributed by atoms with van der Waals surface area (Å²) in [6, 6.07) is 8.30. The van der Waals surface area contributed by atoms with Crippen molar-refractivity contribution in [1.82, 2.24) is 0 Å². The second-order valence-electron chi connectivity index (χ2n) is 3.56. The molecule has 1 aromatic carbocycles. The van der Waals surface area contributed by atoms with Gasteiger partial charge in [-0.2, -0.15) is 0 Å². The Labute approximate surface area is 117 Å². The van der Waals surface area contributed by atoms with E-state index >= 15 is 0 Å². The molecule has 20 heavy (non-hydrogen) atoms. The Hall–Kier alpha value is -2.37. The molecule has 1 aromatic rings. The molecule has 0 bridgehead atoms. The molecule has 0 aliphatic heterocycles. The molecule has 0 unspecified atom stereocenters. The van der Waals surface area contributed by atoms with Gasteiger partial charge in [0.15, 0.2) is 0 Å². The predicted molar refractivity (Wildman–Crippen MR) is 73.9 cm³/mol. The normalized spacial score (nSPS) is 8.30. The van der Waals surface area contributed by atoms with Crippen molar-refractivity contribution in [3.05, 3.63) is 35.9 Å². The number of carboxylic acids is 3. The number of aromatic carboxylic acids is 1. The Kier molecular flexibility index (Phi) is 13.0. The Morgan fingerprint density at radius 3 is 1.50 bits per heavy atom. The van der Waals surface area contributed by atoms with Crippen LogP contribution in [0.15, 0.2) is 30.3 Å². The standard InChI is InChI=1S/C7H6O2.C4H8O2.C3H6O2/c8-7(9)6-4-2-1-3-5-6;1-2-3-4(5)6;1-2-3(4)5/h1-5H,(H,8,9);2-3H2,1H3,(H,5,6);2H2,1H3,(H,4,5). The molecule has 1 rings (SSSR count). The number of carbonyl (C=O) groups is 3. The minimum atomic E-state index is -0.879. The number of rotatable bonds is 4. The first kappa shape index (κ1) is 20.0. The minimum Gasteiger partial charge on any atom is -0.481 e. The van der Waals surface area contributed by atoms with Crippen LogP contribution in [0.4, 0.5) is 0 Å². The van der Waals surface area contributed by atoms with E-state index in [1.165, 1.54) is 0 Å². The first-order chi connectivity index (χ1) is 9.34. The van der Waals surface area contributed by atoms with Crippen LogP contribution in [0.25, 0.3) is 0 Å². The summed E-state index contributed by atoms with van der Waals surface area (Å²) < 4.78 is 0. The van der Waals surface area contributed by atoms with E-state index in [1.54, 1.807) is 37.3 Å². The number of carboxylic acid groups (broad SMARTS) is 3. The molecule has 3 N–H and O–H groups in total. The fourth-order valence-electron chi connectivity index (χ4n) is 0.795. The molecule has 0 heterocycles. The molecule has 112 valence electrons. The molecule has 0 saturated carbocycles. The van der Waals surface area contributed by atoms with Gasteiger partial charge in [-0.1, -0.05) is 32.0 Å². The van der Waals surface area contributed by atoms with Gasteiger partial charge < -0.3 is 15.3 Å². The van der Waals surface area contributed by atoms with Crippen LogP contribution >= 0.6 is 0 Å². The average Bonchev–Trinajstić information content (AvgIpc) is 2.41. The fraction of sp³-hybridized carbons (Fsp3) is 0.357. The number of hydrogen-bond donors (Lipinski definition) is 3. The molecular formula is C14H20O6. The van der Waals surface area contributed by atoms with Crippen LogP contribution < -0.4 is 0 Å². The number of aliphatic carboxylic acids is 2. The first-order valence-electron chi connectivity index (χ1n) is 6.07. The van der Waals surface area contributed by atoms with Gasteiger partial charge in [-0.05, 0) is 18.6 Å². The van der Waals surface area contributed by atoms with E-state index < -0.39 is 17.9 Å². The highest BCUT2D eigenvalue weighted by atomic mass is 16.4. The van der Waals surface area contributed by atoms with Gasteiger partial charge in [0.25, 0.3) is 0 Å². The molecule has 0 fully saturated rings. The fourth-order valence-corrected chi connectivity index (χ4v) is 0.795. The maximum Gasteiger partial charge on any atom is 0.335 e. The molecule has 0 saturated heterocycles. The lowest BCUT2D eigenvalue weighted by Gasteiger charge is -1.88. The van der Waals surface area contributed by atoms with E-state index in [0.29, 0.717) is 12.0 Å². The number of benzene rings is 1. The zero-order chi connectivity index (χ0) is 16.0. The molecule has 0 aliphatic rings. The van der Waals surface area contributed by atoms with E-state index in [0.717, 1.165) is 6.42 Å². The first-order valence-corrected chi connectivity index (χ1v) is 6.07. The lowest BCUT2D eigenvalue weighted by Crippen LogP contribution is -1.93. The van der Waals surface area contributed by atoms with Gasteiger partial charge in [0, 0.05) is 12.8 Å². The summed E-state index contributed by atoms with van der Waals surface area (Å²) >= 11 is 0. The van der Waals surface area contributed by atoms with Crippen molar-refractivity contribution >= 4 is 17.9 Å². The van der Waals surface area contributed by atoms with Crippen molar-refractivity contribution in [3.8, 4) is 0 Å². The lowest BCUT2D eigenvalue weighted by molar-refractivity contribution is -0.137. The molecule has 0 amide bonds. The van der Waals surface area contributed by atoms with Gasteiger partial charge in [0.2, 0.25) is 0 Å². The van der Waals surface area contributed by atoms with E-state index in [1.807, 2.05) is 6.92 Å². The van der Waals surface area contributed by atoms with Gasteiger partial charge in [-0.15, -0.1) is 0 Å². The second-order valence-corrected chi connectivity index (χ2v) is 3.56. The molecule has 0 aromatic heterocycles. The molecule has 0 spiro atoms. The van der Waals surface area contributed by atoms with Crippen LogP contribution in [0, 0.1) is 0 Å². The topological polar surface area (TPSA) is 112 Å².